The molecule has 0 aliphatic carbocycles. The maximum atomic E-state index is 13.1. The zero-order valence-electron chi connectivity index (χ0n) is 20.3. The number of nitrogens with zero attached hydrogens (tertiary/aromatic N) is 2. The smallest absolute Gasteiger partial charge is 0.255 e. The van der Waals surface area contributed by atoms with Gasteiger partial charge in [-0.15, -0.1) is 0 Å². The van der Waals surface area contributed by atoms with Crippen LogP contribution in [0.2, 0.25) is 0 Å². The van der Waals surface area contributed by atoms with Gasteiger partial charge >= 0.3 is 0 Å². The summed E-state index contributed by atoms with van der Waals surface area (Å²) in [5.41, 5.74) is 2.55. The maximum Gasteiger partial charge on any atom is 0.255 e. The molecule has 0 aromatic heterocycles. The fourth-order valence-electron chi connectivity index (χ4n) is 5.03. The minimum absolute atomic E-state index is 0.127. The monoisotopic (exact) mass is 489 g/mol. The molecule has 2 fully saturated rings. The minimum atomic E-state index is -1.77. The summed E-state index contributed by atoms with van der Waals surface area (Å²) in [4.78, 5) is 40.5. The van der Waals surface area contributed by atoms with Crippen LogP contribution in [0, 0.1) is 0 Å². The van der Waals surface area contributed by atoms with E-state index in [4.69, 9.17) is 40.9 Å². The number of nitrogens with one attached hydrogen (secondary N) is 1. The minimum Gasteiger partial charge on any atom is -0.502 e. The van der Waals surface area contributed by atoms with Crippen LogP contribution in [-0.4, -0.2) is 91.3 Å². The highest BCUT2D eigenvalue weighted by atomic mass is 16.5. The Morgan fingerprint density at radius 3 is 2.57 bits per heavy atom. The fraction of sp³-hybridized carbons (Fsp3) is 0.400. The lowest BCUT2D eigenvalue weighted by Gasteiger charge is -2.35. The van der Waals surface area contributed by atoms with Gasteiger partial charge in [0.05, 0.1) is 27.6 Å². The summed E-state index contributed by atoms with van der Waals surface area (Å²) in [6, 6.07) is 9.39. The molecular weight excluding hydrogens is 466 g/mol. The van der Waals surface area contributed by atoms with Crippen molar-refractivity contribution >= 4 is 54.6 Å². The Labute approximate surface area is 221 Å². The Bertz CT molecular complexity index is 1250. The van der Waals surface area contributed by atoms with E-state index in [0.29, 0.717) is 54.2 Å². The molecule has 3 amide bonds. The Morgan fingerprint density at radius 1 is 1.11 bits per heavy atom. The molecule has 3 aliphatic heterocycles. The van der Waals surface area contributed by atoms with Crippen LogP contribution in [0.3, 0.4) is 0 Å². The molecule has 37 heavy (non-hydrogen) atoms. The largest absolute Gasteiger partial charge is 0.502 e. The average Bonchev–Trinajstić information content (AvgIpc) is 3.21. The quantitative estimate of drug-likeness (QED) is 0.426. The lowest BCUT2D eigenvalue weighted by molar-refractivity contribution is -0.136. The standard InChI is InChI=1S/C25H23B4N3O5/c26-18-12-14(4-5-16(18)22(27)31-8-10-36-11-9-31)25(28,29)37-20-3-1-2-15-17(20)13-32(24(15)35)19-6-7-21(33)30-23(19)34/h1-5,12,19,22H,6-11,13H2,(H,30,33,34). The molecule has 180 valence electrons. The van der Waals surface area contributed by atoms with E-state index in [1.54, 1.807) is 36.4 Å². The first-order valence-corrected chi connectivity index (χ1v) is 12.2. The summed E-state index contributed by atoms with van der Waals surface area (Å²) in [6.07, 6.45) is 0.428. The molecular formula is C25H23B4N3O5. The second kappa shape index (κ2) is 10.1. The lowest BCUT2D eigenvalue weighted by atomic mass is 9.60. The number of ether oxygens (including phenoxy) is 2. The van der Waals surface area contributed by atoms with Gasteiger partial charge in [-0.3, -0.25) is 19.7 Å². The molecule has 1 N–H and O–H groups in total. The molecule has 12 heteroatoms. The van der Waals surface area contributed by atoms with Crippen LogP contribution < -0.4 is 15.5 Å². The molecule has 3 aliphatic rings. The van der Waals surface area contributed by atoms with Gasteiger partial charge in [-0.25, -0.2) is 0 Å². The molecule has 2 unspecified atom stereocenters. The van der Waals surface area contributed by atoms with Crippen molar-refractivity contribution in [3.8, 4) is 5.75 Å². The first kappa shape index (κ1) is 25.7. The zero-order chi connectivity index (χ0) is 26.3. The predicted octanol–water partition coefficient (Wildman–Crippen LogP) is -0.733. The van der Waals surface area contributed by atoms with Gasteiger partial charge in [-0.05, 0) is 35.6 Å². The molecule has 3 heterocycles. The van der Waals surface area contributed by atoms with Gasteiger partial charge < -0.3 is 19.3 Å². The molecule has 0 saturated carbocycles. The molecule has 0 bridgehead atoms. The summed E-state index contributed by atoms with van der Waals surface area (Å²) >= 11 is 0. The van der Waals surface area contributed by atoms with E-state index in [-0.39, 0.29) is 31.2 Å². The van der Waals surface area contributed by atoms with Gasteiger partial charge in [-0.2, -0.15) is 0 Å². The highest BCUT2D eigenvalue weighted by Crippen LogP contribution is 2.36. The van der Waals surface area contributed by atoms with Crippen LogP contribution in [0.4, 0.5) is 0 Å². The van der Waals surface area contributed by atoms with Crippen molar-refractivity contribution in [3.63, 3.8) is 0 Å². The highest BCUT2D eigenvalue weighted by molar-refractivity contribution is 6.40. The average molecular weight is 489 g/mol. The fourth-order valence-corrected chi connectivity index (χ4v) is 5.03. The first-order valence-electron chi connectivity index (χ1n) is 12.2. The Morgan fingerprint density at radius 2 is 1.86 bits per heavy atom. The number of fused-ring (bicyclic) bond motifs is 1. The van der Waals surface area contributed by atoms with E-state index in [1.807, 2.05) is 0 Å². The number of morpholine rings is 1. The summed E-state index contributed by atoms with van der Waals surface area (Å²) < 4.78 is 11.4. The van der Waals surface area contributed by atoms with Crippen molar-refractivity contribution in [3.05, 3.63) is 58.7 Å². The summed E-state index contributed by atoms with van der Waals surface area (Å²) in [5.74, 6) is -1.23. The molecule has 8 radical (unpaired) electrons. The Balaban J connectivity index is 1.35. The van der Waals surface area contributed by atoms with Gasteiger partial charge in [0.25, 0.3) is 5.91 Å². The number of amides is 3. The number of piperidine rings is 1. The molecule has 8 nitrogen and oxygen atoms in total. The highest BCUT2D eigenvalue weighted by Gasteiger charge is 2.40. The van der Waals surface area contributed by atoms with Crippen LogP contribution in [0.5, 0.6) is 5.75 Å². The third-order valence-electron chi connectivity index (χ3n) is 7.11. The zero-order valence-corrected chi connectivity index (χ0v) is 20.3. The summed E-state index contributed by atoms with van der Waals surface area (Å²) in [5, 5.41) is 0.526. The van der Waals surface area contributed by atoms with Crippen LogP contribution in [0.1, 0.15) is 45.8 Å². The molecule has 2 saturated heterocycles. The van der Waals surface area contributed by atoms with Crippen LogP contribution in [-0.2, 0) is 26.3 Å². The number of benzene rings is 2. The number of hydrogen-bond acceptors (Lipinski definition) is 6. The first-order chi connectivity index (χ1) is 17.7. The van der Waals surface area contributed by atoms with E-state index in [2.05, 4.69) is 10.2 Å². The van der Waals surface area contributed by atoms with E-state index >= 15 is 0 Å². The third kappa shape index (κ3) is 4.97. The number of carbonyl (C=O) groups excluding carboxylic acids is 3. The van der Waals surface area contributed by atoms with Gasteiger partial charge in [0.2, 0.25) is 11.8 Å². The second-order valence-electron chi connectivity index (χ2n) is 9.51. The number of carbonyl (C=O) groups is 3. The van der Waals surface area contributed by atoms with E-state index in [9.17, 15) is 14.4 Å². The summed E-state index contributed by atoms with van der Waals surface area (Å²) in [6.45, 7) is 2.76. The third-order valence-corrected chi connectivity index (χ3v) is 7.11. The molecule has 2 aromatic rings. The van der Waals surface area contributed by atoms with E-state index in [0.717, 1.165) is 5.56 Å². The Kier molecular flexibility index (Phi) is 6.98. The van der Waals surface area contributed by atoms with E-state index < -0.39 is 23.3 Å². The van der Waals surface area contributed by atoms with Gasteiger partial charge in [0.15, 0.2) is 0 Å². The van der Waals surface area contributed by atoms with E-state index in [1.165, 1.54) is 4.90 Å². The number of rotatable bonds is 6. The van der Waals surface area contributed by atoms with Crippen molar-refractivity contribution in [2.75, 3.05) is 26.3 Å². The lowest BCUT2D eigenvalue weighted by Crippen LogP contribution is -2.52. The van der Waals surface area contributed by atoms with Crippen molar-refractivity contribution in [1.29, 1.82) is 0 Å². The van der Waals surface area contributed by atoms with Gasteiger partial charge in [-0.1, -0.05) is 29.7 Å². The Hall–Kier alpha value is -2.97. The second-order valence-corrected chi connectivity index (χ2v) is 9.51. The number of imide groups is 1. The van der Waals surface area contributed by atoms with Crippen molar-refractivity contribution in [2.24, 2.45) is 0 Å². The van der Waals surface area contributed by atoms with Crippen molar-refractivity contribution in [1.82, 2.24) is 15.1 Å². The predicted molar refractivity (Wildman–Crippen MR) is 139 cm³/mol. The topological polar surface area (TPSA) is 88.2 Å². The number of hydrogen-bond donors (Lipinski definition) is 1. The maximum absolute atomic E-state index is 13.1. The molecule has 0 spiro atoms. The molecule has 5 rings (SSSR count). The van der Waals surface area contributed by atoms with Crippen molar-refractivity contribution < 1.29 is 23.9 Å². The van der Waals surface area contributed by atoms with Gasteiger partial charge in [0.1, 0.15) is 35.3 Å². The normalized spacial score (nSPS) is 21.5. The molecule has 2 atom stereocenters. The SMILES string of the molecule is [B]c1cc(C([B])([B])Oc2cccc3c2CN(C2CCC(=O)NC2=O)C3=O)ccc1C([B])N1CCOCC1. The summed E-state index contributed by atoms with van der Waals surface area (Å²) in [7, 11) is 25.6. The van der Waals surface area contributed by atoms with Crippen molar-refractivity contribution in [2.45, 2.75) is 36.8 Å². The molecule has 2 aromatic carbocycles. The van der Waals surface area contributed by atoms with Crippen LogP contribution in [0.15, 0.2) is 36.4 Å². The van der Waals surface area contributed by atoms with Gasteiger partial charge in [0, 0.05) is 36.0 Å². The van der Waals surface area contributed by atoms with Crippen LogP contribution >= 0.6 is 0 Å². The van der Waals surface area contributed by atoms with Crippen LogP contribution in [0.25, 0.3) is 0 Å².